The highest BCUT2D eigenvalue weighted by molar-refractivity contribution is 9.10. The second-order valence-corrected chi connectivity index (χ2v) is 12.8. The van der Waals surface area contributed by atoms with Gasteiger partial charge in [-0.25, -0.2) is 8.42 Å². The molecule has 1 heterocycles. The maximum Gasteiger partial charge on any atom is 0.286 e. The molecule has 0 spiro atoms. The summed E-state index contributed by atoms with van der Waals surface area (Å²) in [6.07, 6.45) is 6.86. The third-order valence-corrected chi connectivity index (χ3v) is 9.65. The summed E-state index contributed by atoms with van der Waals surface area (Å²) in [4.78, 5) is 13.2. The molecule has 1 amide bonds. The standard InChI is InChI=1S/C29H37BrN2O7S/c1-37-25-11-13-26(14-12-25)40(35,36)32(15-17-33)16-18-38-28-20-22(21-7-9-23(30)10-8-21)19-27(39-28)29(34)31-24-5-3-2-4-6-24/h7-14,19,22,24,28,33H,2-6,15-18,20H2,1H3,(H,31,34)/t22-,28+/m1/s1. The molecule has 1 aliphatic carbocycles. The molecule has 2 aliphatic rings. The normalized spacial score (nSPS) is 20.1. The number of hydrogen-bond acceptors (Lipinski definition) is 7. The fraction of sp³-hybridized carbons (Fsp3) is 0.483. The van der Waals surface area contributed by atoms with Crippen LogP contribution in [0.25, 0.3) is 0 Å². The van der Waals surface area contributed by atoms with E-state index in [1.807, 2.05) is 30.3 Å². The smallest absolute Gasteiger partial charge is 0.286 e. The van der Waals surface area contributed by atoms with Crippen LogP contribution in [-0.4, -0.2) is 69.5 Å². The van der Waals surface area contributed by atoms with Gasteiger partial charge in [0.2, 0.25) is 16.3 Å². The number of hydrogen-bond donors (Lipinski definition) is 2. The van der Waals surface area contributed by atoms with E-state index < -0.39 is 16.3 Å². The number of nitrogens with one attached hydrogen (secondary N) is 1. The maximum absolute atomic E-state index is 13.2. The first kappa shape index (κ1) is 30.5. The molecule has 9 nitrogen and oxygen atoms in total. The number of aliphatic hydroxyl groups is 1. The van der Waals surface area contributed by atoms with Crippen molar-refractivity contribution in [3.8, 4) is 5.75 Å². The fourth-order valence-electron chi connectivity index (χ4n) is 5.01. The van der Waals surface area contributed by atoms with Gasteiger partial charge in [0, 0.05) is 35.9 Å². The first-order chi connectivity index (χ1) is 19.3. The van der Waals surface area contributed by atoms with E-state index in [9.17, 15) is 18.3 Å². The van der Waals surface area contributed by atoms with Gasteiger partial charge in [0.05, 0.1) is 25.2 Å². The lowest BCUT2D eigenvalue weighted by molar-refractivity contribution is -0.147. The Morgan fingerprint density at radius 3 is 2.42 bits per heavy atom. The molecule has 0 bridgehead atoms. The topological polar surface area (TPSA) is 114 Å². The van der Waals surface area contributed by atoms with E-state index in [1.165, 1.54) is 30.0 Å². The molecule has 0 aromatic heterocycles. The van der Waals surface area contributed by atoms with Crippen LogP contribution in [0.2, 0.25) is 0 Å². The zero-order valence-electron chi connectivity index (χ0n) is 22.6. The summed E-state index contributed by atoms with van der Waals surface area (Å²) in [6.45, 7) is -0.398. The second-order valence-electron chi connectivity index (χ2n) is 9.95. The largest absolute Gasteiger partial charge is 0.497 e. The Morgan fingerprint density at radius 1 is 1.07 bits per heavy atom. The number of methoxy groups -OCH3 is 1. The van der Waals surface area contributed by atoms with Gasteiger partial charge in [0.15, 0.2) is 5.76 Å². The number of amides is 1. The van der Waals surface area contributed by atoms with E-state index in [2.05, 4.69) is 21.2 Å². The third kappa shape index (κ3) is 8.07. The van der Waals surface area contributed by atoms with Crippen molar-refractivity contribution >= 4 is 31.9 Å². The molecule has 1 saturated carbocycles. The molecule has 2 atom stereocenters. The quantitative estimate of drug-likeness (QED) is 0.357. The predicted molar refractivity (Wildman–Crippen MR) is 154 cm³/mol. The Hall–Kier alpha value is -2.44. The van der Waals surface area contributed by atoms with Gasteiger partial charge in [-0.15, -0.1) is 0 Å². The van der Waals surface area contributed by atoms with Gasteiger partial charge in [0.25, 0.3) is 5.91 Å². The Kier molecular flexibility index (Phi) is 11.0. The van der Waals surface area contributed by atoms with Crippen LogP contribution >= 0.6 is 15.9 Å². The van der Waals surface area contributed by atoms with Crippen molar-refractivity contribution in [2.24, 2.45) is 0 Å². The third-order valence-electron chi connectivity index (χ3n) is 7.21. The number of carbonyl (C=O) groups excluding carboxylic acids is 1. The summed E-state index contributed by atoms with van der Waals surface area (Å²) >= 11 is 3.47. The number of sulfonamides is 1. The number of carbonyl (C=O) groups is 1. The first-order valence-electron chi connectivity index (χ1n) is 13.6. The van der Waals surface area contributed by atoms with Crippen LogP contribution in [0.1, 0.15) is 50.0 Å². The Morgan fingerprint density at radius 2 is 1.77 bits per heavy atom. The first-order valence-corrected chi connectivity index (χ1v) is 15.8. The highest BCUT2D eigenvalue weighted by Crippen LogP contribution is 2.32. The van der Waals surface area contributed by atoms with Crippen molar-refractivity contribution in [2.75, 3.05) is 33.4 Å². The van der Waals surface area contributed by atoms with Crippen molar-refractivity contribution in [3.63, 3.8) is 0 Å². The van der Waals surface area contributed by atoms with Crippen LogP contribution in [0.5, 0.6) is 5.75 Å². The van der Waals surface area contributed by atoms with Gasteiger partial charge in [-0.3, -0.25) is 4.79 Å². The van der Waals surface area contributed by atoms with E-state index in [-0.39, 0.29) is 54.8 Å². The van der Waals surface area contributed by atoms with Gasteiger partial charge in [-0.1, -0.05) is 47.3 Å². The van der Waals surface area contributed by atoms with Crippen LogP contribution in [0, 0.1) is 0 Å². The maximum atomic E-state index is 13.2. The predicted octanol–water partition coefficient (Wildman–Crippen LogP) is 4.32. The lowest BCUT2D eigenvalue weighted by Crippen LogP contribution is -2.40. The van der Waals surface area contributed by atoms with Crippen molar-refractivity contribution in [3.05, 3.63) is 70.4 Å². The number of rotatable bonds is 12. The number of nitrogens with zero attached hydrogens (tertiary/aromatic N) is 1. The summed E-state index contributed by atoms with van der Waals surface area (Å²) in [5.41, 5.74) is 1.02. The van der Waals surface area contributed by atoms with Gasteiger partial charge in [-0.2, -0.15) is 4.31 Å². The molecule has 0 saturated heterocycles. The second kappa shape index (κ2) is 14.5. The Bertz CT molecular complexity index is 1250. The van der Waals surface area contributed by atoms with E-state index in [1.54, 1.807) is 12.1 Å². The number of aliphatic hydroxyl groups excluding tert-OH is 1. The van der Waals surface area contributed by atoms with E-state index >= 15 is 0 Å². The van der Waals surface area contributed by atoms with Crippen LogP contribution in [0.15, 0.2) is 69.7 Å². The fourth-order valence-corrected chi connectivity index (χ4v) is 6.69. The molecular formula is C29H37BrN2O7S. The van der Waals surface area contributed by atoms with Crippen molar-refractivity contribution in [1.29, 1.82) is 0 Å². The average Bonchev–Trinajstić information content (AvgIpc) is 2.97. The number of allylic oxidation sites excluding steroid dienone is 1. The van der Waals surface area contributed by atoms with Gasteiger partial charge in [0.1, 0.15) is 5.75 Å². The van der Waals surface area contributed by atoms with Gasteiger partial charge >= 0.3 is 0 Å². The van der Waals surface area contributed by atoms with Crippen molar-refractivity contribution < 1.29 is 32.5 Å². The molecule has 0 radical (unpaired) electrons. The minimum Gasteiger partial charge on any atom is -0.497 e. The Balaban J connectivity index is 1.44. The molecule has 2 aromatic carbocycles. The summed E-state index contributed by atoms with van der Waals surface area (Å²) in [5.74, 6) is 0.386. The summed E-state index contributed by atoms with van der Waals surface area (Å²) in [7, 11) is -2.36. The summed E-state index contributed by atoms with van der Waals surface area (Å²) in [6, 6.07) is 14.1. The molecule has 2 N–H and O–H groups in total. The van der Waals surface area contributed by atoms with E-state index in [0.29, 0.717) is 12.2 Å². The molecule has 4 rings (SSSR count). The molecule has 2 aromatic rings. The molecule has 1 aliphatic heterocycles. The van der Waals surface area contributed by atoms with Crippen LogP contribution in [0.4, 0.5) is 0 Å². The van der Waals surface area contributed by atoms with Crippen molar-refractivity contribution in [1.82, 2.24) is 9.62 Å². The SMILES string of the molecule is COc1ccc(S(=O)(=O)N(CCO)CCO[C@@H]2C[C@H](c3ccc(Br)cc3)C=C(C(=O)NC3CCCCC3)O2)cc1. The minimum atomic E-state index is -3.87. The lowest BCUT2D eigenvalue weighted by atomic mass is 9.92. The zero-order valence-corrected chi connectivity index (χ0v) is 25.0. The van der Waals surface area contributed by atoms with E-state index in [4.69, 9.17) is 14.2 Å². The number of benzene rings is 2. The Labute approximate surface area is 244 Å². The average molecular weight is 638 g/mol. The van der Waals surface area contributed by atoms with E-state index in [0.717, 1.165) is 35.7 Å². The monoisotopic (exact) mass is 636 g/mol. The minimum absolute atomic E-state index is 0.00501. The van der Waals surface area contributed by atoms with Crippen LogP contribution in [0.3, 0.4) is 0 Å². The molecule has 0 unspecified atom stereocenters. The molecule has 218 valence electrons. The highest BCUT2D eigenvalue weighted by atomic mass is 79.9. The van der Waals surface area contributed by atoms with Crippen LogP contribution in [-0.2, 0) is 24.3 Å². The lowest BCUT2D eigenvalue weighted by Gasteiger charge is -2.31. The summed E-state index contributed by atoms with van der Waals surface area (Å²) < 4.78 is 45.7. The molecule has 40 heavy (non-hydrogen) atoms. The van der Waals surface area contributed by atoms with Gasteiger partial charge in [-0.05, 0) is 60.9 Å². The summed E-state index contributed by atoms with van der Waals surface area (Å²) in [5, 5.41) is 12.6. The molecule has 1 fully saturated rings. The number of ether oxygens (including phenoxy) is 3. The highest BCUT2D eigenvalue weighted by Gasteiger charge is 2.31. The molecular weight excluding hydrogens is 600 g/mol. The molecule has 11 heteroatoms. The van der Waals surface area contributed by atoms with Crippen LogP contribution < -0.4 is 10.1 Å². The van der Waals surface area contributed by atoms with Crippen molar-refractivity contribution in [2.45, 2.75) is 61.7 Å². The number of halogens is 1. The van der Waals surface area contributed by atoms with Gasteiger partial charge < -0.3 is 24.6 Å². The zero-order chi connectivity index (χ0) is 28.5.